The van der Waals surface area contributed by atoms with Gasteiger partial charge in [0, 0.05) is 19.9 Å². The number of esters is 1. The van der Waals surface area contributed by atoms with Crippen LogP contribution in [0.2, 0.25) is 0 Å². The van der Waals surface area contributed by atoms with Gasteiger partial charge in [0.05, 0.1) is 6.61 Å². The van der Waals surface area contributed by atoms with E-state index in [-0.39, 0.29) is 50.7 Å². The predicted molar refractivity (Wildman–Crippen MR) is 198 cm³/mol. The molecule has 0 saturated carbocycles. The molecule has 0 radical (unpaired) electrons. The van der Waals surface area contributed by atoms with Crippen LogP contribution in [0.3, 0.4) is 0 Å². The molecule has 0 saturated heterocycles. The van der Waals surface area contributed by atoms with Gasteiger partial charge in [-0.3, -0.25) is 24.2 Å². The second kappa shape index (κ2) is 30.4. The van der Waals surface area contributed by atoms with E-state index >= 15 is 0 Å². The SMILES string of the molecule is CCCCCCCCCCCCCCCCCCOC(=O)[C@H](CCCN=C(N)N)NC(=O)[C@H](CC(C)C)NC(=O)[C@H](CCC(=O)O)NC(C)=O. The van der Waals surface area contributed by atoms with Crippen molar-refractivity contribution >= 4 is 35.6 Å². The third kappa shape index (κ3) is 27.4. The Kier molecular flexibility index (Phi) is 28.4. The van der Waals surface area contributed by atoms with E-state index < -0.39 is 47.8 Å². The van der Waals surface area contributed by atoms with E-state index in [9.17, 15) is 24.0 Å². The first-order valence-corrected chi connectivity index (χ1v) is 19.2. The van der Waals surface area contributed by atoms with Crippen LogP contribution in [-0.2, 0) is 28.7 Å². The topological polar surface area (TPSA) is 215 Å². The highest BCUT2D eigenvalue weighted by atomic mass is 16.5. The maximum Gasteiger partial charge on any atom is 0.328 e. The van der Waals surface area contributed by atoms with Crippen molar-refractivity contribution in [2.75, 3.05) is 13.2 Å². The summed E-state index contributed by atoms with van der Waals surface area (Å²) < 4.78 is 5.55. The van der Waals surface area contributed by atoms with Crippen LogP contribution in [0.25, 0.3) is 0 Å². The first kappa shape index (κ1) is 46.6. The van der Waals surface area contributed by atoms with Crippen LogP contribution in [-0.4, -0.2) is 72.0 Å². The van der Waals surface area contributed by atoms with Gasteiger partial charge in [0.25, 0.3) is 0 Å². The van der Waals surface area contributed by atoms with E-state index in [0.29, 0.717) is 6.42 Å². The third-order valence-corrected chi connectivity index (χ3v) is 8.47. The van der Waals surface area contributed by atoms with Crippen molar-refractivity contribution in [2.24, 2.45) is 22.4 Å². The lowest BCUT2D eigenvalue weighted by Crippen LogP contribution is -2.56. The Morgan fingerprint density at radius 2 is 1.14 bits per heavy atom. The van der Waals surface area contributed by atoms with Crippen molar-refractivity contribution in [3.63, 3.8) is 0 Å². The second-order valence-corrected chi connectivity index (χ2v) is 13.9. The maximum absolute atomic E-state index is 13.4. The highest BCUT2D eigenvalue weighted by Gasteiger charge is 2.30. The quantitative estimate of drug-likeness (QED) is 0.0233. The number of nitrogens with zero attached hydrogens (tertiary/aromatic N) is 1. The molecule has 0 aromatic heterocycles. The molecule has 3 amide bonds. The van der Waals surface area contributed by atoms with Gasteiger partial charge in [-0.05, 0) is 38.0 Å². The molecule has 13 nitrogen and oxygen atoms in total. The summed E-state index contributed by atoms with van der Waals surface area (Å²) in [4.78, 5) is 66.3. The standard InChI is InChI=1S/C37H70N6O7/c1-5-6-7-8-9-10-11-12-13-14-15-16-17-18-19-20-26-50-36(49)31(22-21-25-40-37(38)39)42-35(48)32(27-28(2)3)43-34(47)30(41-29(4)44)23-24-33(45)46/h28,30-32H,5-27H2,1-4H3,(H,41,44)(H,42,48)(H,43,47)(H,45,46)(H4,38,39,40)/t30-,31-,32-/m0/s1. The lowest BCUT2D eigenvalue weighted by molar-refractivity contribution is -0.148. The first-order valence-electron chi connectivity index (χ1n) is 19.2. The molecule has 13 heteroatoms. The van der Waals surface area contributed by atoms with Gasteiger partial charge in [0.1, 0.15) is 18.1 Å². The fourth-order valence-corrected chi connectivity index (χ4v) is 5.71. The van der Waals surface area contributed by atoms with Crippen LogP contribution in [0, 0.1) is 5.92 Å². The maximum atomic E-state index is 13.4. The van der Waals surface area contributed by atoms with Gasteiger partial charge in [-0.2, -0.15) is 0 Å². The Labute approximate surface area is 301 Å². The number of rotatable bonds is 32. The number of hydrogen-bond donors (Lipinski definition) is 6. The van der Waals surface area contributed by atoms with Gasteiger partial charge in [-0.1, -0.05) is 117 Å². The molecule has 0 fully saturated rings. The van der Waals surface area contributed by atoms with Crippen LogP contribution in [0.15, 0.2) is 4.99 Å². The number of aliphatic carboxylic acids is 1. The zero-order valence-corrected chi connectivity index (χ0v) is 31.6. The minimum absolute atomic E-state index is 0.00791. The number of ether oxygens (including phenoxy) is 1. The Morgan fingerprint density at radius 3 is 1.60 bits per heavy atom. The number of aliphatic imine (C=N–C) groups is 1. The number of amides is 3. The van der Waals surface area contributed by atoms with Gasteiger partial charge >= 0.3 is 11.9 Å². The van der Waals surface area contributed by atoms with Crippen molar-refractivity contribution in [3.8, 4) is 0 Å². The van der Waals surface area contributed by atoms with E-state index in [1.165, 1.54) is 84.0 Å². The van der Waals surface area contributed by atoms with Crippen molar-refractivity contribution in [1.82, 2.24) is 16.0 Å². The predicted octanol–water partition coefficient (Wildman–Crippen LogP) is 5.23. The van der Waals surface area contributed by atoms with Gasteiger partial charge in [0.2, 0.25) is 17.7 Å². The molecule has 0 aliphatic heterocycles. The summed E-state index contributed by atoms with van der Waals surface area (Å²) in [6.45, 7) is 7.73. The summed E-state index contributed by atoms with van der Waals surface area (Å²) in [5.41, 5.74) is 10.8. The number of guanidine groups is 1. The Bertz CT molecular complexity index is 987. The number of hydrogen-bond acceptors (Lipinski definition) is 7. The molecule has 0 rings (SSSR count). The molecule has 0 aliphatic carbocycles. The number of carboxylic acids is 1. The van der Waals surface area contributed by atoms with Crippen molar-refractivity contribution in [3.05, 3.63) is 0 Å². The summed E-state index contributed by atoms with van der Waals surface area (Å²) in [7, 11) is 0. The zero-order valence-electron chi connectivity index (χ0n) is 31.6. The van der Waals surface area contributed by atoms with E-state index in [4.69, 9.17) is 21.3 Å². The minimum Gasteiger partial charge on any atom is -0.481 e. The Morgan fingerprint density at radius 1 is 0.660 bits per heavy atom. The molecule has 0 aromatic rings. The van der Waals surface area contributed by atoms with Crippen molar-refractivity contribution in [2.45, 2.75) is 181 Å². The van der Waals surface area contributed by atoms with Crippen LogP contribution in [0.1, 0.15) is 163 Å². The molecule has 0 heterocycles. The molecule has 50 heavy (non-hydrogen) atoms. The average Bonchev–Trinajstić information content (AvgIpc) is 3.04. The number of nitrogens with one attached hydrogen (secondary N) is 3. The number of nitrogens with two attached hydrogens (primary N) is 2. The fourth-order valence-electron chi connectivity index (χ4n) is 5.71. The molecule has 0 spiro atoms. The average molecular weight is 711 g/mol. The molecular formula is C37H70N6O7. The van der Waals surface area contributed by atoms with Crippen molar-refractivity contribution in [1.29, 1.82) is 0 Å². The van der Waals surface area contributed by atoms with E-state index in [2.05, 4.69) is 27.9 Å². The number of unbranched alkanes of at least 4 members (excludes halogenated alkanes) is 15. The lowest BCUT2D eigenvalue weighted by Gasteiger charge is -2.26. The van der Waals surface area contributed by atoms with Crippen LogP contribution in [0.4, 0.5) is 0 Å². The molecule has 3 atom stereocenters. The highest BCUT2D eigenvalue weighted by molar-refractivity contribution is 5.93. The molecule has 8 N–H and O–H groups in total. The molecule has 0 aromatic carbocycles. The molecule has 0 aliphatic rings. The van der Waals surface area contributed by atoms with Crippen LogP contribution < -0.4 is 27.4 Å². The van der Waals surface area contributed by atoms with E-state index in [1.54, 1.807) is 0 Å². The number of carbonyl (C=O) groups excluding carboxylic acids is 4. The summed E-state index contributed by atoms with van der Waals surface area (Å²) in [6, 6.07) is -3.15. The van der Waals surface area contributed by atoms with Crippen LogP contribution in [0.5, 0.6) is 0 Å². The number of carboxylic acid groups (broad SMARTS) is 1. The van der Waals surface area contributed by atoms with E-state index in [0.717, 1.165) is 25.7 Å². The normalized spacial score (nSPS) is 12.8. The first-order chi connectivity index (χ1) is 23.9. The molecule has 0 unspecified atom stereocenters. The fraction of sp³-hybridized carbons (Fsp3) is 0.838. The summed E-state index contributed by atoms with van der Waals surface area (Å²) >= 11 is 0. The van der Waals surface area contributed by atoms with Gasteiger partial charge in [-0.25, -0.2) is 4.79 Å². The van der Waals surface area contributed by atoms with Crippen molar-refractivity contribution < 1.29 is 33.8 Å². The largest absolute Gasteiger partial charge is 0.481 e. The Balaban J connectivity index is 4.84. The summed E-state index contributed by atoms with van der Waals surface area (Å²) in [5.74, 6) is -3.55. The molecule has 0 bridgehead atoms. The molecular weight excluding hydrogens is 640 g/mol. The monoisotopic (exact) mass is 711 g/mol. The smallest absolute Gasteiger partial charge is 0.328 e. The lowest BCUT2D eigenvalue weighted by atomic mass is 10.0. The van der Waals surface area contributed by atoms with Crippen LogP contribution >= 0.6 is 0 Å². The minimum atomic E-state index is -1.13. The van der Waals surface area contributed by atoms with Gasteiger partial charge in [-0.15, -0.1) is 0 Å². The second-order valence-electron chi connectivity index (χ2n) is 13.9. The van der Waals surface area contributed by atoms with E-state index in [1.807, 2.05) is 13.8 Å². The number of carbonyl (C=O) groups is 5. The molecule has 290 valence electrons. The zero-order chi connectivity index (χ0) is 37.6. The van der Waals surface area contributed by atoms with Gasteiger partial charge < -0.3 is 37.3 Å². The highest BCUT2D eigenvalue weighted by Crippen LogP contribution is 2.14. The summed E-state index contributed by atoms with van der Waals surface area (Å²) in [5, 5.41) is 16.9. The Hall–Kier alpha value is -3.38. The van der Waals surface area contributed by atoms with Gasteiger partial charge in [0.15, 0.2) is 5.96 Å². The summed E-state index contributed by atoms with van der Waals surface area (Å²) in [6.07, 6.45) is 20.3. The third-order valence-electron chi connectivity index (χ3n) is 8.47.